The van der Waals surface area contributed by atoms with Gasteiger partial charge in [-0.1, -0.05) is 91.0 Å². The summed E-state index contributed by atoms with van der Waals surface area (Å²) in [5.74, 6) is 0. The van der Waals surface area contributed by atoms with Gasteiger partial charge in [-0.15, -0.1) is 0 Å². The van der Waals surface area contributed by atoms with E-state index in [-0.39, 0.29) is 0 Å². The Kier molecular flexibility index (Phi) is 5.06. The third-order valence-corrected chi connectivity index (χ3v) is 8.31. The summed E-state index contributed by atoms with van der Waals surface area (Å²) in [6, 6.07) is 48.8. The molecular formula is C37H28N2. The summed E-state index contributed by atoms with van der Waals surface area (Å²) >= 11 is 0. The molecule has 6 aromatic carbocycles. The molecule has 0 saturated carbocycles. The molecule has 0 spiro atoms. The van der Waals surface area contributed by atoms with Crippen LogP contribution in [0.15, 0.2) is 133 Å². The first kappa shape index (κ1) is 22.2. The molecule has 2 heterocycles. The summed E-state index contributed by atoms with van der Waals surface area (Å²) < 4.78 is 2.40. The second-order valence-corrected chi connectivity index (χ2v) is 10.5. The fourth-order valence-electron chi connectivity index (χ4n) is 6.46. The van der Waals surface area contributed by atoms with Crippen molar-refractivity contribution in [3.63, 3.8) is 0 Å². The van der Waals surface area contributed by atoms with Gasteiger partial charge >= 0.3 is 0 Å². The van der Waals surface area contributed by atoms with E-state index in [0.717, 1.165) is 6.54 Å². The van der Waals surface area contributed by atoms with Crippen LogP contribution in [0.3, 0.4) is 0 Å². The van der Waals surface area contributed by atoms with Crippen molar-refractivity contribution in [1.29, 1.82) is 0 Å². The fraction of sp³-hybridized carbons (Fsp3) is 0.0811. The molecule has 39 heavy (non-hydrogen) atoms. The van der Waals surface area contributed by atoms with Crippen molar-refractivity contribution in [1.82, 2.24) is 4.57 Å². The highest BCUT2D eigenvalue weighted by molar-refractivity contribution is 6.21. The van der Waals surface area contributed by atoms with E-state index in [0.29, 0.717) is 0 Å². The van der Waals surface area contributed by atoms with E-state index in [4.69, 9.17) is 0 Å². The highest BCUT2D eigenvalue weighted by Gasteiger charge is 2.18. The Labute approximate surface area is 228 Å². The van der Waals surface area contributed by atoms with Crippen LogP contribution < -0.4 is 4.90 Å². The van der Waals surface area contributed by atoms with E-state index in [2.05, 4.69) is 143 Å². The Balaban J connectivity index is 1.17. The lowest BCUT2D eigenvalue weighted by molar-refractivity contribution is 0.767. The lowest BCUT2D eigenvalue weighted by Crippen LogP contribution is -2.24. The number of hydrogen-bond acceptors (Lipinski definition) is 1. The van der Waals surface area contributed by atoms with E-state index in [1.54, 1.807) is 0 Å². The molecule has 0 atom stereocenters. The van der Waals surface area contributed by atoms with Gasteiger partial charge < -0.3 is 9.47 Å². The number of benzene rings is 6. The quantitative estimate of drug-likeness (QED) is 0.234. The van der Waals surface area contributed by atoms with Crippen LogP contribution in [0.1, 0.15) is 12.0 Å². The Morgan fingerprint density at radius 1 is 0.487 bits per heavy atom. The number of hydrogen-bond donors (Lipinski definition) is 0. The number of aromatic nitrogens is 1. The number of aryl methyl sites for hydroxylation is 1. The van der Waals surface area contributed by atoms with Crippen LogP contribution in [0.25, 0.3) is 49.4 Å². The minimum atomic E-state index is 1.07. The van der Waals surface area contributed by atoms with E-state index >= 15 is 0 Å². The average Bonchev–Trinajstić information content (AvgIpc) is 3.36. The van der Waals surface area contributed by atoms with Crippen LogP contribution >= 0.6 is 0 Å². The molecule has 8 rings (SSSR count). The van der Waals surface area contributed by atoms with Gasteiger partial charge in [0.1, 0.15) is 0 Å². The third-order valence-electron chi connectivity index (χ3n) is 8.31. The topological polar surface area (TPSA) is 8.17 Å². The van der Waals surface area contributed by atoms with Crippen LogP contribution in [-0.4, -0.2) is 11.1 Å². The first-order valence-corrected chi connectivity index (χ1v) is 13.8. The molecule has 0 fully saturated rings. The van der Waals surface area contributed by atoms with Crippen LogP contribution in [0.4, 0.5) is 11.4 Å². The number of para-hydroxylation sites is 2. The maximum atomic E-state index is 2.46. The normalized spacial score (nSPS) is 13.3. The van der Waals surface area contributed by atoms with E-state index in [1.807, 2.05) is 0 Å². The van der Waals surface area contributed by atoms with Gasteiger partial charge in [-0.3, -0.25) is 0 Å². The molecule has 0 saturated heterocycles. The lowest BCUT2D eigenvalue weighted by Gasteiger charge is -2.31. The number of nitrogens with zero attached hydrogens (tertiary/aromatic N) is 2. The van der Waals surface area contributed by atoms with Gasteiger partial charge in [-0.05, 0) is 82.8 Å². The Hall–Kier alpha value is -4.82. The molecule has 0 amide bonds. The van der Waals surface area contributed by atoms with Gasteiger partial charge in [0.05, 0.1) is 11.0 Å². The van der Waals surface area contributed by atoms with E-state index in [1.165, 1.54) is 79.2 Å². The van der Waals surface area contributed by atoms with Gasteiger partial charge in [-0.2, -0.15) is 0 Å². The summed E-state index contributed by atoms with van der Waals surface area (Å²) in [6.07, 6.45) is 2.36. The van der Waals surface area contributed by atoms with Gasteiger partial charge in [-0.25, -0.2) is 0 Å². The van der Waals surface area contributed by atoms with Crippen LogP contribution in [0, 0.1) is 0 Å². The zero-order valence-corrected chi connectivity index (χ0v) is 21.7. The number of fused-ring (bicyclic) bond motifs is 6. The third kappa shape index (κ3) is 3.56. The largest absolute Gasteiger partial charge is 0.341 e. The molecule has 2 heteroatoms. The maximum Gasteiger partial charge on any atom is 0.0547 e. The van der Waals surface area contributed by atoms with Crippen molar-refractivity contribution >= 4 is 44.0 Å². The molecule has 186 valence electrons. The fourth-order valence-corrected chi connectivity index (χ4v) is 6.46. The molecular weight excluding hydrogens is 472 g/mol. The summed E-state index contributed by atoms with van der Waals surface area (Å²) in [7, 11) is 0. The molecule has 0 radical (unpaired) electrons. The van der Waals surface area contributed by atoms with Crippen LogP contribution in [0.2, 0.25) is 0 Å². The first-order valence-electron chi connectivity index (χ1n) is 13.8. The molecule has 1 aliphatic rings. The van der Waals surface area contributed by atoms with Crippen LogP contribution in [-0.2, 0) is 6.42 Å². The van der Waals surface area contributed by atoms with Crippen molar-refractivity contribution in [3.8, 4) is 16.8 Å². The second-order valence-electron chi connectivity index (χ2n) is 10.5. The molecule has 2 nitrogen and oxygen atoms in total. The highest BCUT2D eigenvalue weighted by atomic mass is 15.1. The molecule has 7 aromatic rings. The van der Waals surface area contributed by atoms with E-state index in [9.17, 15) is 0 Å². The Bertz CT molecular complexity index is 1980. The minimum Gasteiger partial charge on any atom is -0.341 e. The summed E-state index contributed by atoms with van der Waals surface area (Å²) in [5, 5.41) is 5.20. The summed E-state index contributed by atoms with van der Waals surface area (Å²) in [4.78, 5) is 2.46. The van der Waals surface area contributed by atoms with E-state index < -0.39 is 0 Å². The Morgan fingerprint density at radius 2 is 1.15 bits per heavy atom. The van der Waals surface area contributed by atoms with Crippen molar-refractivity contribution < 1.29 is 0 Å². The minimum absolute atomic E-state index is 1.07. The lowest BCUT2D eigenvalue weighted by atomic mass is 10.00. The van der Waals surface area contributed by atoms with Crippen molar-refractivity contribution in [3.05, 3.63) is 139 Å². The standard InChI is InChI=1S/C37H28N2/c1-3-11-32-28(8-1)19-24-36-37(32)33-12-4-6-14-35(33)39(36)31-22-17-27(18-23-31)26-15-20-30(21-16-26)38-25-7-10-29-9-2-5-13-34(29)38/h1-6,8-9,11-24H,7,10,25H2. The summed E-state index contributed by atoms with van der Waals surface area (Å²) in [6.45, 7) is 1.07. The zero-order valence-electron chi connectivity index (χ0n) is 21.7. The monoisotopic (exact) mass is 500 g/mol. The van der Waals surface area contributed by atoms with Gasteiger partial charge in [0.2, 0.25) is 0 Å². The predicted octanol–water partition coefficient (Wildman–Crippen LogP) is 9.69. The number of anilines is 2. The highest BCUT2D eigenvalue weighted by Crippen LogP contribution is 2.38. The first-order chi connectivity index (χ1) is 19.3. The van der Waals surface area contributed by atoms with Crippen molar-refractivity contribution in [2.45, 2.75) is 12.8 Å². The molecule has 1 aliphatic heterocycles. The van der Waals surface area contributed by atoms with Crippen LogP contribution in [0.5, 0.6) is 0 Å². The average molecular weight is 501 g/mol. The molecule has 0 unspecified atom stereocenters. The summed E-state index contributed by atoms with van der Waals surface area (Å²) in [5.41, 5.74) is 10.2. The van der Waals surface area contributed by atoms with Crippen molar-refractivity contribution in [2.75, 3.05) is 11.4 Å². The Morgan fingerprint density at radius 3 is 1.97 bits per heavy atom. The second kappa shape index (κ2) is 8.89. The smallest absolute Gasteiger partial charge is 0.0547 e. The molecule has 1 aromatic heterocycles. The SMILES string of the molecule is c1ccc2c(c1)CCCN2c1ccc(-c2ccc(-n3c4ccccc4c4c5ccccc5ccc43)cc2)cc1. The number of rotatable bonds is 3. The predicted molar refractivity (Wildman–Crippen MR) is 165 cm³/mol. The molecule has 0 N–H and O–H groups in total. The zero-order chi connectivity index (χ0) is 25.8. The molecule has 0 aliphatic carbocycles. The van der Waals surface area contributed by atoms with Gasteiger partial charge in [0, 0.05) is 34.4 Å². The van der Waals surface area contributed by atoms with Gasteiger partial charge in [0.25, 0.3) is 0 Å². The molecule has 0 bridgehead atoms. The van der Waals surface area contributed by atoms with Gasteiger partial charge in [0.15, 0.2) is 0 Å². The van der Waals surface area contributed by atoms with Crippen molar-refractivity contribution in [2.24, 2.45) is 0 Å². The maximum absolute atomic E-state index is 2.46.